The fraction of sp³-hybridized carbons (Fsp3) is 0.0667. The molecule has 0 saturated heterocycles. The lowest BCUT2D eigenvalue weighted by atomic mass is 10.0. The Morgan fingerprint density at radius 2 is 1.83 bits per heavy atom. The van der Waals surface area contributed by atoms with Crippen molar-refractivity contribution in [1.82, 2.24) is 0 Å². The van der Waals surface area contributed by atoms with Crippen LogP contribution in [0.3, 0.4) is 0 Å². The lowest BCUT2D eigenvalue weighted by Gasteiger charge is -2.03. The zero-order valence-electron chi connectivity index (χ0n) is 10.1. The molecule has 18 heavy (non-hydrogen) atoms. The van der Waals surface area contributed by atoms with E-state index in [2.05, 4.69) is 0 Å². The van der Waals surface area contributed by atoms with Crippen LogP contribution < -0.4 is 5.73 Å². The van der Waals surface area contributed by atoms with E-state index in [-0.39, 0.29) is 11.6 Å². The van der Waals surface area contributed by atoms with Gasteiger partial charge < -0.3 is 5.73 Å². The van der Waals surface area contributed by atoms with E-state index in [0.29, 0.717) is 0 Å². The van der Waals surface area contributed by atoms with Crippen molar-refractivity contribution in [2.24, 2.45) is 5.73 Å². The molecule has 2 aromatic carbocycles. The summed E-state index contributed by atoms with van der Waals surface area (Å²) in [6, 6.07) is 11.5. The first kappa shape index (κ1) is 12.0. The maximum atomic E-state index is 10.9. The second-order valence-electron chi connectivity index (χ2n) is 4.18. The molecule has 3 nitrogen and oxygen atoms in total. The predicted molar refractivity (Wildman–Crippen MR) is 74.7 cm³/mol. The van der Waals surface area contributed by atoms with Gasteiger partial charge in [0.25, 0.3) is 0 Å². The van der Waals surface area contributed by atoms with Crippen molar-refractivity contribution < 1.29 is 4.79 Å². The second-order valence-corrected chi connectivity index (χ2v) is 4.18. The molecule has 0 bridgehead atoms. The monoisotopic (exact) mass is 238 g/mol. The number of nitrogens with one attached hydrogen (secondary N) is 1. The Hall–Kier alpha value is -2.42. The Bertz CT molecular complexity index is 657. The average Bonchev–Trinajstić information content (AvgIpc) is 2.35. The quantitative estimate of drug-likeness (QED) is 0.490. The van der Waals surface area contributed by atoms with Gasteiger partial charge >= 0.3 is 0 Å². The van der Waals surface area contributed by atoms with Crippen molar-refractivity contribution in [3.8, 4) is 0 Å². The molecule has 0 aromatic heterocycles. The van der Waals surface area contributed by atoms with E-state index in [1.54, 1.807) is 12.2 Å². The van der Waals surface area contributed by atoms with Gasteiger partial charge in [0.05, 0.1) is 0 Å². The molecule has 2 aromatic rings. The maximum absolute atomic E-state index is 10.9. The largest absolute Gasteiger partial charge is 0.384 e. The van der Waals surface area contributed by atoms with Crippen LogP contribution in [0, 0.1) is 5.41 Å². The number of rotatable bonds is 3. The minimum absolute atomic E-state index is 0.0297. The molecular weight excluding hydrogens is 224 g/mol. The number of hydrogen-bond acceptors (Lipinski definition) is 2. The van der Waals surface area contributed by atoms with Gasteiger partial charge in [0.15, 0.2) is 5.78 Å². The fourth-order valence-corrected chi connectivity index (χ4v) is 1.75. The highest BCUT2D eigenvalue weighted by molar-refractivity contribution is 5.99. The van der Waals surface area contributed by atoms with E-state index >= 15 is 0 Å². The summed E-state index contributed by atoms with van der Waals surface area (Å²) in [4.78, 5) is 10.9. The SMILES string of the molecule is CC(=O)C=Cc1ccc2cc(C(=N)N)ccc2c1. The highest BCUT2D eigenvalue weighted by Gasteiger charge is 1.99. The van der Waals surface area contributed by atoms with Crippen LogP contribution >= 0.6 is 0 Å². The molecule has 0 radical (unpaired) electrons. The van der Waals surface area contributed by atoms with Crippen molar-refractivity contribution >= 4 is 28.5 Å². The van der Waals surface area contributed by atoms with Gasteiger partial charge in [0, 0.05) is 5.56 Å². The first-order chi connectivity index (χ1) is 8.56. The van der Waals surface area contributed by atoms with Gasteiger partial charge in [-0.3, -0.25) is 10.2 Å². The minimum Gasteiger partial charge on any atom is -0.384 e. The van der Waals surface area contributed by atoms with Crippen LogP contribution in [0.15, 0.2) is 42.5 Å². The molecule has 0 heterocycles. The topological polar surface area (TPSA) is 66.9 Å². The molecule has 0 unspecified atom stereocenters. The zero-order valence-corrected chi connectivity index (χ0v) is 10.1. The van der Waals surface area contributed by atoms with Gasteiger partial charge in [-0.2, -0.15) is 0 Å². The standard InChI is InChI=1S/C15H14N2O/c1-10(18)2-3-11-4-5-13-9-14(15(16)17)7-6-12(13)8-11/h2-9H,1H3,(H3,16,17). The van der Waals surface area contributed by atoms with Crippen LogP contribution in [0.1, 0.15) is 18.1 Å². The molecular formula is C15H14N2O. The second kappa shape index (κ2) is 4.84. The molecule has 0 atom stereocenters. The molecule has 3 N–H and O–H groups in total. The summed E-state index contributed by atoms with van der Waals surface area (Å²) >= 11 is 0. The molecule has 0 aliphatic rings. The molecule has 0 amide bonds. The lowest BCUT2D eigenvalue weighted by Crippen LogP contribution is -2.10. The van der Waals surface area contributed by atoms with Crippen molar-refractivity contribution in [2.75, 3.05) is 0 Å². The van der Waals surface area contributed by atoms with Crippen LogP contribution in [-0.2, 0) is 4.79 Å². The third-order valence-corrected chi connectivity index (χ3v) is 2.69. The normalized spacial score (nSPS) is 10.9. The van der Waals surface area contributed by atoms with Crippen molar-refractivity contribution in [1.29, 1.82) is 5.41 Å². The predicted octanol–water partition coefficient (Wildman–Crippen LogP) is 2.73. The molecule has 2 rings (SSSR count). The van der Waals surface area contributed by atoms with E-state index < -0.39 is 0 Å². The van der Waals surface area contributed by atoms with Gasteiger partial charge in [-0.25, -0.2) is 0 Å². The van der Waals surface area contributed by atoms with E-state index in [9.17, 15) is 4.79 Å². The Balaban J connectivity index is 2.44. The van der Waals surface area contributed by atoms with Crippen LogP contribution in [-0.4, -0.2) is 11.6 Å². The van der Waals surface area contributed by atoms with E-state index in [4.69, 9.17) is 11.1 Å². The van der Waals surface area contributed by atoms with Gasteiger partial charge in [-0.15, -0.1) is 0 Å². The first-order valence-electron chi connectivity index (χ1n) is 5.63. The zero-order chi connectivity index (χ0) is 13.1. The molecule has 3 heteroatoms. The summed E-state index contributed by atoms with van der Waals surface area (Å²) in [5, 5.41) is 9.49. The Kier molecular flexibility index (Phi) is 3.24. The van der Waals surface area contributed by atoms with Crippen LogP contribution in [0.5, 0.6) is 0 Å². The number of benzene rings is 2. The number of hydrogen-bond donors (Lipinski definition) is 2. The van der Waals surface area contributed by atoms with Gasteiger partial charge in [-0.05, 0) is 41.5 Å². The Morgan fingerprint density at radius 1 is 1.17 bits per heavy atom. The molecule has 0 aliphatic heterocycles. The number of nitrogen functional groups attached to an aromatic ring is 1. The fourth-order valence-electron chi connectivity index (χ4n) is 1.75. The van der Waals surface area contributed by atoms with Gasteiger partial charge in [0.2, 0.25) is 0 Å². The highest BCUT2D eigenvalue weighted by atomic mass is 16.1. The van der Waals surface area contributed by atoms with Crippen LogP contribution in [0.2, 0.25) is 0 Å². The van der Waals surface area contributed by atoms with Crippen molar-refractivity contribution in [2.45, 2.75) is 6.92 Å². The third kappa shape index (κ3) is 2.63. The lowest BCUT2D eigenvalue weighted by molar-refractivity contribution is -0.112. The van der Waals surface area contributed by atoms with Gasteiger partial charge in [0.1, 0.15) is 5.84 Å². The number of fused-ring (bicyclic) bond motifs is 1. The Labute approximate surface area is 105 Å². The Morgan fingerprint density at radius 3 is 2.50 bits per heavy atom. The first-order valence-corrected chi connectivity index (χ1v) is 5.63. The molecule has 90 valence electrons. The number of nitrogens with two attached hydrogens (primary N) is 1. The highest BCUT2D eigenvalue weighted by Crippen LogP contribution is 2.18. The third-order valence-electron chi connectivity index (χ3n) is 2.69. The van der Waals surface area contributed by atoms with E-state index in [0.717, 1.165) is 21.9 Å². The number of carbonyl (C=O) groups is 1. The molecule has 0 fully saturated rings. The summed E-state index contributed by atoms with van der Waals surface area (Å²) in [6.45, 7) is 1.52. The average molecular weight is 238 g/mol. The number of carbonyl (C=O) groups excluding carboxylic acids is 1. The van der Waals surface area contributed by atoms with Crippen molar-refractivity contribution in [3.63, 3.8) is 0 Å². The minimum atomic E-state index is 0.0297. The smallest absolute Gasteiger partial charge is 0.152 e. The van der Waals surface area contributed by atoms with E-state index in [1.807, 2.05) is 36.4 Å². The van der Waals surface area contributed by atoms with Gasteiger partial charge in [-0.1, -0.05) is 30.3 Å². The van der Waals surface area contributed by atoms with Crippen LogP contribution in [0.25, 0.3) is 16.8 Å². The van der Waals surface area contributed by atoms with Crippen molar-refractivity contribution in [3.05, 3.63) is 53.6 Å². The number of amidine groups is 1. The molecule has 0 spiro atoms. The summed E-state index contributed by atoms with van der Waals surface area (Å²) in [7, 11) is 0. The number of allylic oxidation sites excluding steroid dienone is 1. The number of ketones is 1. The van der Waals surface area contributed by atoms with E-state index in [1.165, 1.54) is 6.92 Å². The molecule has 0 saturated carbocycles. The summed E-state index contributed by atoms with van der Waals surface area (Å²) in [5.74, 6) is 0.0967. The maximum Gasteiger partial charge on any atom is 0.152 e. The summed E-state index contributed by atoms with van der Waals surface area (Å²) in [5.41, 5.74) is 7.15. The summed E-state index contributed by atoms with van der Waals surface area (Å²) < 4.78 is 0. The summed E-state index contributed by atoms with van der Waals surface area (Å²) in [6.07, 6.45) is 3.34. The molecule has 0 aliphatic carbocycles. The van der Waals surface area contributed by atoms with Crippen LogP contribution in [0.4, 0.5) is 0 Å².